The van der Waals surface area contributed by atoms with E-state index in [0.717, 1.165) is 70.6 Å². The van der Waals surface area contributed by atoms with Gasteiger partial charge in [-0.05, 0) is 57.0 Å². The van der Waals surface area contributed by atoms with E-state index < -0.39 is 0 Å². The number of piperazine rings is 1. The molecule has 0 radical (unpaired) electrons. The number of hydrogen-bond donors (Lipinski definition) is 2. The minimum Gasteiger partial charge on any atom is -0.459 e. The SMILES string of the molecule is CN1CCN(C2CCC(n3nc(-c4cccc(NCc5cc6ccccc6o5)c4)c4c(N)ncnc43)CC2)CC1.Cl. The first-order valence-electron chi connectivity index (χ1n) is 14.4. The number of benzene rings is 2. The zero-order chi connectivity index (χ0) is 27.1. The molecule has 2 fully saturated rings. The summed E-state index contributed by atoms with van der Waals surface area (Å²) in [4.78, 5) is 14.1. The largest absolute Gasteiger partial charge is 0.459 e. The van der Waals surface area contributed by atoms with Crippen molar-refractivity contribution < 1.29 is 4.42 Å². The highest BCUT2D eigenvalue weighted by Gasteiger charge is 2.30. The quantitative estimate of drug-likeness (QED) is 0.272. The summed E-state index contributed by atoms with van der Waals surface area (Å²) in [6.07, 6.45) is 6.12. The van der Waals surface area contributed by atoms with Gasteiger partial charge in [0.15, 0.2) is 5.65 Å². The maximum absolute atomic E-state index is 6.43. The van der Waals surface area contributed by atoms with Crippen molar-refractivity contribution in [3.05, 3.63) is 66.7 Å². The lowest BCUT2D eigenvalue weighted by Crippen LogP contribution is -2.49. The number of nitrogen functional groups attached to an aromatic ring is 1. The molecule has 9 nitrogen and oxygen atoms in total. The molecule has 2 aromatic carbocycles. The number of fused-ring (bicyclic) bond motifs is 2. The molecular formula is C31H37ClN8O. The molecular weight excluding hydrogens is 536 g/mol. The topological polar surface area (TPSA) is 101 Å². The van der Waals surface area contributed by atoms with Gasteiger partial charge in [-0.2, -0.15) is 5.10 Å². The minimum absolute atomic E-state index is 0. The number of nitrogens with zero attached hydrogens (tertiary/aromatic N) is 6. The number of likely N-dealkylation sites (N-methyl/N-ethyl adjacent to an activating group) is 1. The molecule has 0 amide bonds. The van der Waals surface area contributed by atoms with Crippen molar-refractivity contribution in [2.24, 2.45) is 0 Å². The molecule has 3 aromatic heterocycles. The lowest BCUT2D eigenvalue weighted by atomic mass is 9.90. The number of aromatic nitrogens is 4. The van der Waals surface area contributed by atoms with Crippen molar-refractivity contribution in [3.63, 3.8) is 0 Å². The van der Waals surface area contributed by atoms with E-state index in [4.69, 9.17) is 15.2 Å². The first-order valence-corrected chi connectivity index (χ1v) is 14.4. The summed E-state index contributed by atoms with van der Waals surface area (Å²) in [5.74, 6) is 1.36. The second-order valence-electron chi connectivity index (χ2n) is 11.2. The van der Waals surface area contributed by atoms with Crippen LogP contribution < -0.4 is 11.1 Å². The van der Waals surface area contributed by atoms with Gasteiger partial charge in [0.05, 0.1) is 18.0 Å². The third kappa shape index (κ3) is 5.49. The molecule has 2 aliphatic rings. The van der Waals surface area contributed by atoms with Crippen LogP contribution in [0.25, 0.3) is 33.3 Å². The number of anilines is 2. The zero-order valence-electron chi connectivity index (χ0n) is 23.4. The van der Waals surface area contributed by atoms with Crippen LogP contribution in [0.15, 0.2) is 65.3 Å². The van der Waals surface area contributed by atoms with Crippen molar-refractivity contribution in [3.8, 4) is 11.3 Å². The molecule has 41 heavy (non-hydrogen) atoms. The van der Waals surface area contributed by atoms with Crippen LogP contribution in [0.2, 0.25) is 0 Å². The second-order valence-corrected chi connectivity index (χ2v) is 11.2. The molecule has 0 unspecified atom stereocenters. The Balaban J connectivity index is 0.00000302. The Morgan fingerprint density at radius 2 is 1.71 bits per heavy atom. The number of para-hydroxylation sites is 1. The summed E-state index contributed by atoms with van der Waals surface area (Å²) < 4.78 is 8.11. The van der Waals surface area contributed by atoms with Crippen LogP contribution >= 0.6 is 12.4 Å². The maximum atomic E-state index is 6.43. The highest BCUT2D eigenvalue weighted by molar-refractivity contribution is 5.98. The van der Waals surface area contributed by atoms with Crippen LogP contribution in [0.4, 0.5) is 11.5 Å². The van der Waals surface area contributed by atoms with Gasteiger partial charge in [-0.1, -0.05) is 30.3 Å². The molecule has 7 rings (SSSR count). The van der Waals surface area contributed by atoms with Gasteiger partial charge in [-0.25, -0.2) is 14.6 Å². The molecule has 1 aliphatic heterocycles. The summed E-state index contributed by atoms with van der Waals surface area (Å²) in [6.45, 7) is 5.26. The van der Waals surface area contributed by atoms with E-state index in [1.54, 1.807) is 6.33 Å². The van der Waals surface area contributed by atoms with Crippen molar-refractivity contribution >= 4 is 45.9 Å². The summed E-state index contributed by atoms with van der Waals surface area (Å²) in [6, 6.07) is 19.4. The van der Waals surface area contributed by atoms with E-state index in [1.807, 2.05) is 24.3 Å². The van der Waals surface area contributed by atoms with Gasteiger partial charge in [0.1, 0.15) is 29.2 Å². The summed E-state index contributed by atoms with van der Waals surface area (Å²) in [5.41, 5.74) is 11.0. The van der Waals surface area contributed by atoms with Crippen LogP contribution in [0.3, 0.4) is 0 Å². The second kappa shape index (κ2) is 11.7. The Hall–Kier alpha value is -3.66. The highest BCUT2D eigenvalue weighted by Crippen LogP contribution is 2.37. The van der Waals surface area contributed by atoms with Crippen LogP contribution in [0, 0.1) is 0 Å². The predicted molar refractivity (Wildman–Crippen MR) is 166 cm³/mol. The fourth-order valence-electron chi connectivity index (χ4n) is 6.40. The van der Waals surface area contributed by atoms with Crippen molar-refractivity contribution in [1.82, 2.24) is 29.5 Å². The maximum Gasteiger partial charge on any atom is 0.164 e. The molecule has 214 valence electrons. The number of rotatable bonds is 6. The third-order valence-electron chi connectivity index (χ3n) is 8.66. The van der Waals surface area contributed by atoms with E-state index in [-0.39, 0.29) is 12.4 Å². The van der Waals surface area contributed by atoms with Crippen molar-refractivity contribution in [2.45, 2.75) is 44.3 Å². The predicted octanol–water partition coefficient (Wildman–Crippen LogP) is 5.59. The Kier molecular flexibility index (Phi) is 7.84. The van der Waals surface area contributed by atoms with Gasteiger partial charge >= 0.3 is 0 Å². The minimum atomic E-state index is 0. The molecule has 10 heteroatoms. The average molecular weight is 573 g/mol. The summed E-state index contributed by atoms with van der Waals surface area (Å²) in [7, 11) is 2.22. The lowest BCUT2D eigenvalue weighted by molar-refractivity contribution is 0.0815. The molecule has 3 N–H and O–H groups in total. The number of nitrogens with two attached hydrogens (primary N) is 1. The van der Waals surface area contributed by atoms with Crippen LogP contribution in [-0.4, -0.2) is 68.8 Å². The van der Waals surface area contributed by atoms with Gasteiger partial charge < -0.3 is 20.4 Å². The van der Waals surface area contributed by atoms with E-state index in [2.05, 4.69) is 67.1 Å². The number of nitrogens with one attached hydrogen (secondary N) is 1. The molecule has 1 aliphatic carbocycles. The molecule has 4 heterocycles. The van der Waals surface area contributed by atoms with Crippen LogP contribution in [-0.2, 0) is 6.54 Å². The van der Waals surface area contributed by atoms with Gasteiger partial charge in [-0.3, -0.25) is 4.90 Å². The Morgan fingerprint density at radius 3 is 2.51 bits per heavy atom. The van der Waals surface area contributed by atoms with E-state index in [0.29, 0.717) is 24.4 Å². The van der Waals surface area contributed by atoms with Gasteiger partial charge in [0.2, 0.25) is 0 Å². The Bertz CT molecular complexity index is 1600. The molecule has 5 aromatic rings. The Morgan fingerprint density at radius 1 is 0.927 bits per heavy atom. The van der Waals surface area contributed by atoms with Gasteiger partial charge in [0, 0.05) is 48.9 Å². The molecule has 0 bridgehead atoms. The zero-order valence-corrected chi connectivity index (χ0v) is 24.2. The van der Waals surface area contributed by atoms with Crippen LogP contribution in [0.1, 0.15) is 37.5 Å². The first kappa shape index (κ1) is 27.5. The standard InChI is InChI=1S/C31H36N8O.ClH/c1-37-13-15-38(16-14-37)24-9-11-25(12-10-24)39-31-28(30(32)34-20-35-31)29(36-39)22-6-4-7-23(17-22)33-19-26-18-21-5-2-3-8-27(21)40-26;/h2-8,17-18,20,24-25,33H,9-16,19H2,1H3,(H2,32,34,35);1H. The first-order chi connectivity index (χ1) is 19.6. The summed E-state index contributed by atoms with van der Waals surface area (Å²) >= 11 is 0. The fraction of sp³-hybridized carbons (Fsp3) is 0.387. The molecule has 1 saturated heterocycles. The normalized spacial score (nSPS) is 20.3. The van der Waals surface area contributed by atoms with Crippen molar-refractivity contribution in [1.29, 1.82) is 0 Å². The third-order valence-corrected chi connectivity index (χ3v) is 8.66. The molecule has 0 spiro atoms. The Labute approximate surface area is 246 Å². The average Bonchev–Trinajstić information content (AvgIpc) is 3.59. The van der Waals surface area contributed by atoms with Gasteiger partial charge in [-0.15, -0.1) is 12.4 Å². The highest BCUT2D eigenvalue weighted by atomic mass is 35.5. The number of hydrogen-bond acceptors (Lipinski definition) is 8. The van der Waals surface area contributed by atoms with Gasteiger partial charge in [0.25, 0.3) is 0 Å². The summed E-state index contributed by atoms with van der Waals surface area (Å²) in [5, 5.41) is 10.6. The lowest BCUT2D eigenvalue weighted by Gasteiger charge is -2.41. The smallest absolute Gasteiger partial charge is 0.164 e. The monoisotopic (exact) mass is 572 g/mol. The molecule has 0 atom stereocenters. The number of halogens is 1. The van der Waals surface area contributed by atoms with E-state index >= 15 is 0 Å². The fourth-order valence-corrected chi connectivity index (χ4v) is 6.40. The number of furan rings is 1. The van der Waals surface area contributed by atoms with Crippen LogP contribution in [0.5, 0.6) is 0 Å². The van der Waals surface area contributed by atoms with Crippen molar-refractivity contribution in [2.75, 3.05) is 44.3 Å². The molecule has 1 saturated carbocycles. The van der Waals surface area contributed by atoms with E-state index in [9.17, 15) is 0 Å². The van der Waals surface area contributed by atoms with E-state index in [1.165, 1.54) is 25.9 Å².